The number of hydrogen-bond acceptors (Lipinski definition) is 6. The number of nitrogens with zero attached hydrogens (tertiary/aromatic N) is 6. The van der Waals surface area contributed by atoms with E-state index < -0.39 is 20.3 Å². The van der Waals surface area contributed by atoms with E-state index in [4.69, 9.17) is 15.3 Å². The van der Waals surface area contributed by atoms with Crippen LogP contribution in [-0.2, 0) is 20.4 Å². The van der Waals surface area contributed by atoms with Crippen LogP contribution in [0.4, 0.5) is 0 Å². The molecule has 6 nitrogen and oxygen atoms in total. The molecule has 0 aromatic heterocycles. The Balaban J connectivity index is 0.00000114. The van der Waals surface area contributed by atoms with Gasteiger partial charge in [-0.1, -0.05) is 0 Å². The van der Waals surface area contributed by atoms with Crippen molar-refractivity contribution in [3.8, 4) is 0 Å². The fourth-order valence-electron chi connectivity index (χ4n) is 4.97. The third-order valence-corrected chi connectivity index (χ3v) is 8.97. The van der Waals surface area contributed by atoms with Gasteiger partial charge in [-0.25, -0.2) is 0 Å². The molecule has 0 spiro atoms. The van der Waals surface area contributed by atoms with Crippen LogP contribution in [0.5, 0.6) is 0 Å². The van der Waals surface area contributed by atoms with Gasteiger partial charge < -0.3 is 0 Å². The Morgan fingerprint density at radius 2 is 0.938 bits per heavy atom. The van der Waals surface area contributed by atoms with Crippen molar-refractivity contribution in [3.05, 3.63) is 35.3 Å². The molecule has 3 atom stereocenters. The van der Waals surface area contributed by atoms with E-state index in [-0.39, 0.29) is 0 Å². The van der Waals surface area contributed by atoms with Crippen LogP contribution in [0.15, 0.2) is 66.0 Å². The van der Waals surface area contributed by atoms with Crippen LogP contribution < -0.4 is 13.3 Å². The van der Waals surface area contributed by atoms with E-state index in [1.165, 1.54) is 0 Å². The summed E-state index contributed by atoms with van der Waals surface area (Å²) in [5.74, 6) is 0. The zero-order valence-corrected chi connectivity index (χ0v) is 27.8. The topological polar surface area (TPSA) is 74.2 Å². The Hall–Kier alpha value is 0.924. The van der Waals surface area contributed by atoms with Gasteiger partial charge in [-0.05, 0) is 0 Å². The summed E-state index contributed by atoms with van der Waals surface area (Å²) < 4.78 is -0.494. The summed E-state index contributed by atoms with van der Waals surface area (Å²) in [6.45, 7) is 13.0. The van der Waals surface area contributed by atoms with Crippen molar-refractivity contribution in [1.82, 2.24) is 0 Å². The maximum atomic E-state index is 4.96. The summed E-state index contributed by atoms with van der Waals surface area (Å²) in [4.78, 5) is 0. The van der Waals surface area contributed by atoms with E-state index >= 15 is 0 Å². The first-order valence-electron chi connectivity index (χ1n) is 11.3. The van der Waals surface area contributed by atoms with Crippen molar-refractivity contribution < 1.29 is 33.7 Å². The first-order chi connectivity index (χ1) is 15.3. The van der Waals surface area contributed by atoms with Crippen LogP contribution in [-0.4, -0.2) is 16.6 Å². The van der Waals surface area contributed by atoms with Gasteiger partial charge in [0, 0.05) is 0 Å². The minimum absolute atomic E-state index is 0.494. The Bertz CT molecular complexity index is 760. The van der Waals surface area contributed by atoms with Crippen LogP contribution in [0.25, 0.3) is 0 Å². The average molecular weight is 810 g/mol. The van der Waals surface area contributed by atoms with E-state index in [2.05, 4.69) is 133 Å². The maximum absolute atomic E-state index is 4.96. The Morgan fingerprint density at radius 1 is 0.688 bits per heavy atom. The molecule has 0 aliphatic carbocycles. The second-order valence-corrected chi connectivity index (χ2v) is 25.6. The fourth-order valence-corrected chi connectivity index (χ4v) is 6.37. The fraction of sp³-hybridized carbons (Fsp3) is 0.727. The van der Waals surface area contributed by atoms with Crippen molar-refractivity contribution in [2.45, 2.75) is 100 Å². The summed E-state index contributed by atoms with van der Waals surface area (Å²) in [7, 11) is 0. The number of allylic oxidation sites excluding steroid dienone is 3. The monoisotopic (exact) mass is 810 g/mol. The van der Waals surface area contributed by atoms with Crippen LogP contribution in [0.1, 0.15) is 80.1 Å². The summed E-state index contributed by atoms with van der Waals surface area (Å²) in [6.07, 6.45) is 11.9. The molecular formula is C22H33I3N6Ti-. The number of hydrogen-bond donors (Lipinski definition) is 0. The third-order valence-electron chi connectivity index (χ3n) is 6.94. The van der Waals surface area contributed by atoms with Crippen molar-refractivity contribution in [3.63, 3.8) is 0 Å². The number of halogens is 3. The van der Waals surface area contributed by atoms with Crippen LogP contribution >= 0.6 is 37.2 Å². The Kier molecular flexibility index (Phi) is 11.2. The van der Waals surface area contributed by atoms with E-state index in [1.54, 1.807) is 0 Å². The van der Waals surface area contributed by atoms with Gasteiger partial charge in [-0.2, -0.15) is 0 Å². The van der Waals surface area contributed by atoms with Gasteiger partial charge in [-0.15, -0.1) is 0 Å². The normalized spacial score (nSPS) is 32.4. The van der Waals surface area contributed by atoms with E-state index in [9.17, 15) is 0 Å². The van der Waals surface area contributed by atoms with Crippen molar-refractivity contribution in [2.75, 3.05) is 0 Å². The minimum atomic E-state index is -0.512. The van der Waals surface area contributed by atoms with Crippen molar-refractivity contribution in [1.29, 1.82) is 0 Å². The molecule has 32 heavy (non-hydrogen) atoms. The predicted molar refractivity (Wildman–Crippen MR) is 139 cm³/mol. The third kappa shape index (κ3) is 4.80. The average Bonchev–Trinajstić information content (AvgIpc) is 3.56. The summed E-state index contributed by atoms with van der Waals surface area (Å²) in [5, 5.41) is 28.7. The summed E-state index contributed by atoms with van der Waals surface area (Å²) >= 11 is 7.61. The van der Waals surface area contributed by atoms with Crippen molar-refractivity contribution in [2.24, 2.45) is 30.7 Å². The van der Waals surface area contributed by atoms with Gasteiger partial charge in [0.15, 0.2) is 0 Å². The van der Waals surface area contributed by atoms with Gasteiger partial charge in [0.2, 0.25) is 0 Å². The van der Waals surface area contributed by atoms with Crippen LogP contribution in [0, 0.1) is 0 Å². The van der Waals surface area contributed by atoms with E-state index in [1.807, 2.05) is 0 Å². The first kappa shape index (κ1) is 29.2. The molecule has 3 rings (SSSR count). The van der Waals surface area contributed by atoms with Crippen molar-refractivity contribution >= 4 is 37.2 Å². The molecule has 0 aromatic carbocycles. The second-order valence-electron chi connectivity index (χ2n) is 8.21. The molecule has 3 aliphatic heterocycles. The molecule has 3 unspecified atom stereocenters. The first-order valence-corrected chi connectivity index (χ1v) is 24.7. The zero-order chi connectivity index (χ0) is 24.0. The molecule has 0 bridgehead atoms. The molecule has 0 amide bonds. The Labute approximate surface area is 234 Å². The van der Waals surface area contributed by atoms with Gasteiger partial charge in [0.05, 0.1) is 0 Å². The second kappa shape index (κ2) is 12.2. The molecule has 3 heterocycles. The van der Waals surface area contributed by atoms with E-state index in [0.29, 0.717) is 13.3 Å². The molecule has 0 aromatic rings. The van der Waals surface area contributed by atoms with Gasteiger partial charge in [0.25, 0.3) is 0 Å². The molecule has 0 N–H and O–H groups in total. The van der Waals surface area contributed by atoms with E-state index in [0.717, 1.165) is 55.6 Å². The molecular weight excluding hydrogens is 777 g/mol. The molecule has 3 aliphatic rings. The van der Waals surface area contributed by atoms with Gasteiger partial charge in [0.1, 0.15) is 0 Å². The molecule has 10 heteroatoms. The van der Waals surface area contributed by atoms with Gasteiger partial charge in [-0.3, -0.25) is 0 Å². The zero-order valence-electron chi connectivity index (χ0n) is 19.8. The predicted octanol–water partition coefficient (Wildman–Crippen LogP) is 6.19. The molecule has 0 saturated carbocycles. The Morgan fingerprint density at radius 3 is 1.09 bits per heavy atom. The molecule has 0 saturated heterocycles. The molecule has 0 fully saturated rings. The van der Waals surface area contributed by atoms with Crippen LogP contribution in [0.3, 0.4) is 0 Å². The number of azo groups is 3. The number of rotatable bonds is 9. The summed E-state index contributed by atoms with van der Waals surface area (Å²) in [5.41, 5.74) is 1.59. The quantitative estimate of drug-likeness (QED) is 0.197. The summed E-state index contributed by atoms with van der Waals surface area (Å²) in [6, 6.07) is 0. The molecule has 0 radical (unpaired) electrons. The van der Waals surface area contributed by atoms with Crippen LogP contribution in [0.2, 0.25) is 3.72 Å². The van der Waals surface area contributed by atoms with Gasteiger partial charge >= 0.3 is 237 Å². The SMILES string of the molecule is CCC1=CC(CC)([C]([Ti])(C2(CC)C=C(CC)N=N2)C2(CC)C=C(CC)N=N2)N=N1.I[I-]I. The molecule has 177 valence electrons. The standard InChI is InChI=1S/C22H33N6.I3.Ti/c1-7-16-13-20(10-4,26-23-16)19(21(11-5)14-17(8-2)24-27-21)22(12-6)15-18(9-3)25-28-22;1-3-2;/h13-15H,7-12H2,1-6H3;;/q;-1;.